The maximum atomic E-state index is 9.10. The van der Waals surface area contributed by atoms with Gasteiger partial charge in [0.2, 0.25) is 0 Å². The quantitative estimate of drug-likeness (QED) is 0.882. The normalized spacial score (nSPS) is 28.2. The highest BCUT2D eigenvalue weighted by Crippen LogP contribution is 2.31. The molecule has 3 nitrogen and oxygen atoms in total. The average Bonchev–Trinajstić information content (AvgIpc) is 2.47. The molecule has 104 valence electrons. The molecular formula is C16H24N2O. The molecular weight excluding hydrogens is 236 g/mol. The Morgan fingerprint density at radius 2 is 1.95 bits per heavy atom. The van der Waals surface area contributed by atoms with Crippen LogP contribution in [0, 0.1) is 5.92 Å². The van der Waals surface area contributed by atoms with Crippen LogP contribution in [0.4, 0.5) is 5.69 Å². The molecule has 2 aliphatic heterocycles. The van der Waals surface area contributed by atoms with Crippen molar-refractivity contribution in [1.29, 1.82) is 0 Å². The Hall–Kier alpha value is -1.06. The fraction of sp³-hybridized carbons (Fsp3) is 0.625. The molecule has 0 amide bonds. The molecule has 0 bridgehead atoms. The van der Waals surface area contributed by atoms with Crippen molar-refractivity contribution in [3.8, 4) is 0 Å². The lowest BCUT2D eigenvalue weighted by atomic mass is 9.84. The van der Waals surface area contributed by atoms with Crippen molar-refractivity contribution in [1.82, 2.24) is 4.90 Å². The lowest BCUT2D eigenvalue weighted by Gasteiger charge is -2.46. The zero-order chi connectivity index (χ0) is 13.2. The van der Waals surface area contributed by atoms with Crippen LogP contribution >= 0.6 is 0 Å². The molecule has 0 spiro atoms. The van der Waals surface area contributed by atoms with Crippen LogP contribution < -0.4 is 4.90 Å². The molecule has 2 aliphatic rings. The summed E-state index contributed by atoms with van der Waals surface area (Å²) in [4.78, 5) is 5.07. The van der Waals surface area contributed by atoms with Gasteiger partial charge >= 0.3 is 0 Å². The Bertz CT molecular complexity index is 417. The molecule has 3 heteroatoms. The highest BCUT2D eigenvalue weighted by molar-refractivity contribution is 5.48. The van der Waals surface area contributed by atoms with Gasteiger partial charge in [-0.3, -0.25) is 0 Å². The predicted molar refractivity (Wildman–Crippen MR) is 78.3 cm³/mol. The Balaban J connectivity index is 1.69. The van der Waals surface area contributed by atoms with Crippen molar-refractivity contribution >= 4 is 5.69 Å². The number of benzene rings is 1. The van der Waals surface area contributed by atoms with E-state index in [0.29, 0.717) is 0 Å². The van der Waals surface area contributed by atoms with E-state index in [1.807, 2.05) is 12.1 Å². The standard InChI is InChI=1S/C16H24N2O/c1-17-9-2-3-14-11-18(10-8-16(14)17)15-6-4-13(12-19)5-7-15/h4-7,14,16,19H,2-3,8-12H2,1H3. The molecule has 2 atom stereocenters. The Labute approximate surface area is 115 Å². The molecule has 19 heavy (non-hydrogen) atoms. The van der Waals surface area contributed by atoms with Crippen LogP contribution in [-0.4, -0.2) is 42.7 Å². The van der Waals surface area contributed by atoms with Gasteiger partial charge in [-0.2, -0.15) is 0 Å². The number of nitrogens with zero attached hydrogens (tertiary/aromatic N) is 2. The maximum Gasteiger partial charge on any atom is 0.0681 e. The predicted octanol–water partition coefficient (Wildman–Crippen LogP) is 2.10. The van der Waals surface area contributed by atoms with E-state index in [9.17, 15) is 0 Å². The summed E-state index contributed by atoms with van der Waals surface area (Å²) in [6, 6.07) is 9.17. The third-order valence-corrected chi connectivity index (χ3v) is 4.83. The molecule has 0 saturated carbocycles. The van der Waals surface area contributed by atoms with Gasteiger partial charge in [0.05, 0.1) is 6.61 Å². The highest BCUT2D eigenvalue weighted by atomic mass is 16.3. The first-order valence-corrected chi connectivity index (χ1v) is 7.43. The number of hydrogen-bond acceptors (Lipinski definition) is 3. The van der Waals surface area contributed by atoms with E-state index in [1.54, 1.807) is 0 Å². The Morgan fingerprint density at radius 1 is 1.16 bits per heavy atom. The first-order chi connectivity index (χ1) is 9.28. The van der Waals surface area contributed by atoms with Crippen LogP contribution in [0.5, 0.6) is 0 Å². The molecule has 1 aromatic carbocycles. The van der Waals surface area contributed by atoms with Crippen LogP contribution in [0.3, 0.4) is 0 Å². The van der Waals surface area contributed by atoms with Crippen molar-refractivity contribution < 1.29 is 5.11 Å². The second-order valence-corrected chi connectivity index (χ2v) is 6.01. The summed E-state index contributed by atoms with van der Waals surface area (Å²) in [5.74, 6) is 0.824. The van der Waals surface area contributed by atoms with Crippen molar-refractivity contribution in [2.75, 3.05) is 31.6 Å². The topological polar surface area (TPSA) is 26.7 Å². The Morgan fingerprint density at radius 3 is 2.68 bits per heavy atom. The summed E-state index contributed by atoms with van der Waals surface area (Å²) in [6.07, 6.45) is 4.00. The van der Waals surface area contributed by atoms with Crippen molar-refractivity contribution in [2.24, 2.45) is 5.92 Å². The first kappa shape index (κ1) is 12.9. The van der Waals surface area contributed by atoms with E-state index < -0.39 is 0 Å². The SMILES string of the molecule is CN1CCCC2CN(c3ccc(CO)cc3)CCC21. The molecule has 0 aliphatic carbocycles. The van der Waals surface area contributed by atoms with Gasteiger partial charge in [0.15, 0.2) is 0 Å². The smallest absolute Gasteiger partial charge is 0.0681 e. The van der Waals surface area contributed by atoms with Crippen LogP contribution in [0.2, 0.25) is 0 Å². The van der Waals surface area contributed by atoms with Crippen LogP contribution in [-0.2, 0) is 6.61 Å². The van der Waals surface area contributed by atoms with E-state index in [0.717, 1.165) is 24.1 Å². The summed E-state index contributed by atoms with van der Waals surface area (Å²) in [6.45, 7) is 3.75. The average molecular weight is 260 g/mol. The van der Waals surface area contributed by atoms with Crippen molar-refractivity contribution in [3.63, 3.8) is 0 Å². The Kier molecular flexibility index (Phi) is 3.76. The van der Waals surface area contributed by atoms with Crippen molar-refractivity contribution in [2.45, 2.75) is 31.9 Å². The van der Waals surface area contributed by atoms with Gasteiger partial charge in [-0.1, -0.05) is 12.1 Å². The molecule has 0 aromatic heterocycles. The summed E-state index contributed by atoms with van der Waals surface area (Å²) < 4.78 is 0. The molecule has 1 aromatic rings. The number of piperidine rings is 2. The second kappa shape index (κ2) is 5.51. The maximum absolute atomic E-state index is 9.10. The fourth-order valence-electron chi connectivity index (χ4n) is 3.70. The van der Waals surface area contributed by atoms with E-state index >= 15 is 0 Å². The number of hydrogen-bond donors (Lipinski definition) is 1. The highest BCUT2D eigenvalue weighted by Gasteiger charge is 2.34. The lowest BCUT2D eigenvalue weighted by Crippen LogP contribution is -2.52. The molecule has 2 fully saturated rings. The van der Waals surface area contributed by atoms with Crippen LogP contribution in [0.25, 0.3) is 0 Å². The first-order valence-electron chi connectivity index (χ1n) is 7.43. The van der Waals surface area contributed by atoms with Crippen molar-refractivity contribution in [3.05, 3.63) is 29.8 Å². The van der Waals surface area contributed by atoms with Gasteiger partial charge < -0.3 is 14.9 Å². The number of aliphatic hydroxyl groups excluding tert-OH is 1. The molecule has 2 unspecified atom stereocenters. The van der Waals surface area contributed by atoms with Crippen LogP contribution in [0.15, 0.2) is 24.3 Å². The third-order valence-electron chi connectivity index (χ3n) is 4.83. The van der Waals surface area contributed by atoms with Gasteiger partial charge in [-0.15, -0.1) is 0 Å². The van der Waals surface area contributed by atoms with Gasteiger partial charge in [0.1, 0.15) is 0 Å². The molecule has 1 N–H and O–H groups in total. The lowest BCUT2D eigenvalue weighted by molar-refractivity contribution is 0.102. The van der Waals surface area contributed by atoms with E-state index in [4.69, 9.17) is 5.11 Å². The number of aliphatic hydroxyl groups is 1. The van der Waals surface area contributed by atoms with Gasteiger partial charge in [0.25, 0.3) is 0 Å². The number of rotatable bonds is 2. The largest absolute Gasteiger partial charge is 0.392 e. The van der Waals surface area contributed by atoms with Gasteiger partial charge in [0, 0.05) is 24.8 Å². The summed E-state index contributed by atoms with van der Waals surface area (Å²) in [7, 11) is 2.28. The number of fused-ring (bicyclic) bond motifs is 1. The van der Waals surface area contributed by atoms with E-state index in [1.165, 1.54) is 38.0 Å². The van der Waals surface area contributed by atoms with E-state index in [-0.39, 0.29) is 6.61 Å². The zero-order valence-corrected chi connectivity index (χ0v) is 11.8. The van der Waals surface area contributed by atoms with Crippen LogP contribution in [0.1, 0.15) is 24.8 Å². The monoisotopic (exact) mass is 260 g/mol. The number of anilines is 1. The number of likely N-dealkylation sites (tertiary alicyclic amines) is 1. The zero-order valence-electron chi connectivity index (χ0n) is 11.8. The van der Waals surface area contributed by atoms with E-state index in [2.05, 4.69) is 29.0 Å². The fourth-order valence-corrected chi connectivity index (χ4v) is 3.70. The minimum Gasteiger partial charge on any atom is -0.392 e. The summed E-state index contributed by atoms with van der Waals surface area (Å²) >= 11 is 0. The molecule has 2 saturated heterocycles. The summed E-state index contributed by atoms with van der Waals surface area (Å²) in [5, 5.41) is 9.10. The van der Waals surface area contributed by atoms with Gasteiger partial charge in [-0.25, -0.2) is 0 Å². The summed E-state index contributed by atoms with van der Waals surface area (Å²) in [5.41, 5.74) is 2.31. The third kappa shape index (κ3) is 2.63. The molecule has 2 heterocycles. The molecule has 0 radical (unpaired) electrons. The minimum absolute atomic E-state index is 0.135. The second-order valence-electron chi connectivity index (χ2n) is 6.01. The molecule has 3 rings (SSSR count). The minimum atomic E-state index is 0.135. The van der Waals surface area contributed by atoms with Gasteiger partial charge in [-0.05, 0) is 56.5 Å².